The predicted molar refractivity (Wildman–Crippen MR) is 97.8 cm³/mol. The average Bonchev–Trinajstić information content (AvgIpc) is 2.58. The zero-order chi connectivity index (χ0) is 18.6. The van der Waals surface area contributed by atoms with E-state index in [1.54, 1.807) is 26.1 Å². The number of fused-ring (bicyclic) bond motifs is 2. The number of hydrogen-bond acceptors (Lipinski definition) is 4. The van der Waals surface area contributed by atoms with Gasteiger partial charge in [0.05, 0.1) is 12.0 Å². The average molecular weight is 350 g/mol. The first-order valence-electron chi connectivity index (χ1n) is 8.40. The number of nitrogens with one attached hydrogen (secondary N) is 1. The Morgan fingerprint density at radius 3 is 2.65 bits per heavy atom. The number of esters is 1. The summed E-state index contributed by atoms with van der Waals surface area (Å²) < 4.78 is 6.78. The SMILES string of the molecule is Cc1ccc2cc([C@H]3CC(=O)Oc4cc(C)n(C)c(=O)c43)c(=O)[nH]c2c1. The van der Waals surface area contributed by atoms with Crippen LogP contribution in [0.15, 0.2) is 39.9 Å². The van der Waals surface area contributed by atoms with Gasteiger partial charge in [0.15, 0.2) is 0 Å². The number of benzene rings is 1. The summed E-state index contributed by atoms with van der Waals surface area (Å²) in [6.07, 6.45) is -0.0360. The number of hydrogen-bond donors (Lipinski definition) is 1. The third-order valence-electron chi connectivity index (χ3n) is 5.02. The van der Waals surface area contributed by atoms with Crippen LogP contribution in [-0.4, -0.2) is 15.5 Å². The van der Waals surface area contributed by atoms with E-state index in [9.17, 15) is 14.4 Å². The van der Waals surface area contributed by atoms with Crippen LogP contribution in [0.3, 0.4) is 0 Å². The Hall–Kier alpha value is -3.15. The Labute approximate surface area is 149 Å². The summed E-state index contributed by atoms with van der Waals surface area (Å²) in [6.45, 7) is 3.72. The second-order valence-corrected chi connectivity index (χ2v) is 6.80. The first kappa shape index (κ1) is 16.3. The smallest absolute Gasteiger partial charge is 0.312 e. The topological polar surface area (TPSA) is 81.2 Å². The molecule has 0 aliphatic carbocycles. The maximum absolute atomic E-state index is 12.8. The fourth-order valence-electron chi connectivity index (χ4n) is 3.50. The van der Waals surface area contributed by atoms with E-state index in [4.69, 9.17) is 4.74 Å². The lowest BCUT2D eigenvalue weighted by molar-refractivity contribution is -0.135. The van der Waals surface area contributed by atoms with Crippen molar-refractivity contribution in [2.24, 2.45) is 7.05 Å². The number of aryl methyl sites for hydroxylation is 2. The summed E-state index contributed by atoms with van der Waals surface area (Å²) in [6, 6.07) is 9.20. The standard InChI is InChI=1S/C20H18N2O4/c1-10-4-5-12-8-14(19(24)21-15(12)6-10)13-9-17(23)26-16-7-11(2)22(3)20(25)18(13)16/h4-8,13H,9H2,1-3H3,(H,21,24)/t13-/m1/s1. The number of carbonyl (C=O) groups is 1. The first-order valence-corrected chi connectivity index (χ1v) is 8.40. The number of ether oxygens (including phenoxy) is 1. The molecule has 4 rings (SSSR count). The lowest BCUT2D eigenvalue weighted by atomic mass is 9.87. The molecular weight excluding hydrogens is 332 g/mol. The molecule has 6 nitrogen and oxygen atoms in total. The molecule has 0 fully saturated rings. The highest BCUT2D eigenvalue weighted by molar-refractivity contribution is 5.81. The van der Waals surface area contributed by atoms with Gasteiger partial charge in [-0.25, -0.2) is 0 Å². The molecule has 1 atom stereocenters. The van der Waals surface area contributed by atoms with Gasteiger partial charge >= 0.3 is 5.97 Å². The van der Waals surface area contributed by atoms with Crippen LogP contribution < -0.4 is 15.9 Å². The van der Waals surface area contributed by atoms with Gasteiger partial charge in [0.25, 0.3) is 11.1 Å². The Balaban J connectivity index is 1.99. The van der Waals surface area contributed by atoms with E-state index in [2.05, 4.69) is 4.98 Å². The van der Waals surface area contributed by atoms with Crippen molar-refractivity contribution in [3.05, 3.63) is 73.4 Å². The zero-order valence-electron chi connectivity index (χ0n) is 14.8. The highest BCUT2D eigenvalue weighted by atomic mass is 16.5. The van der Waals surface area contributed by atoms with Crippen LogP contribution in [-0.2, 0) is 11.8 Å². The minimum Gasteiger partial charge on any atom is -0.426 e. The van der Waals surface area contributed by atoms with Crippen LogP contribution >= 0.6 is 0 Å². The van der Waals surface area contributed by atoms with Gasteiger partial charge in [-0.05, 0) is 36.9 Å². The summed E-state index contributed by atoms with van der Waals surface area (Å²) in [4.78, 5) is 40.5. The maximum atomic E-state index is 12.8. The third kappa shape index (κ3) is 2.45. The molecule has 0 spiro atoms. The highest BCUT2D eigenvalue weighted by Gasteiger charge is 2.33. The molecule has 0 radical (unpaired) electrons. The van der Waals surface area contributed by atoms with Gasteiger partial charge in [0.2, 0.25) is 0 Å². The van der Waals surface area contributed by atoms with Crippen LogP contribution in [0.2, 0.25) is 0 Å². The van der Waals surface area contributed by atoms with Crippen molar-refractivity contribution in [1.29, 1.82) is 0 Å². The van der Waals surface area contributed by atoms with E-state index in [1.165, 1.54) is 4.57 Å². The predicted octanol–water partition coefficient (Wildman–Crippen LogP) is 2.28. The Morgan fingerprint density at radius 2 is 1.88 bits per heavy atom. The lowest BCUT2D eigenvalue weighted by Gasteiger charge is -2.25. The molecule has 3 aromatic rings. The van der Waals surface area contributed by atoms with Crippen molar-refractivity contribution in [2.45, 2.75) is 26.2 Å². The largest absolute Gasteiger partial charge is 0.426 e. The molecule has 26 heavy (non-hydrogen) atoms. The van der Waals surface area contributed by atoms with E-state index in [-0.39, 0.29) is 23.3 Å². The maximum Gasteiger partial charge on any atom is 0.312 e. The normalized spacial score (nSPS) is 16.4. The number of aromatic amines is 1. The number of carbonyl (C=O) groups excluding carboxylic acids is 1. The summed E-state index contributed by atoms with van der Waals surface area (Å²) in [5.74, 6) is -0.825. The Morgan fingerprint density at radius 1 is 1.12 bits per heavy atom. The molecule has 0 saturated carbocycles. The monoisotopic (exact) mass is 350 g/mol. The van der Waals surface area contributed by atoms with Crippen molar-refractivity contribution < 1.29 is 9.53 Å². The van der Waals surface area contributed by atoms with Gasteiger partial charge in [0.1, 0.15) is 5.75 Å². The van der Waals surface area contributed by atoms with Crippen molar-refractivity contribution in [2.75, 3.05) is 0 Å². The van der Waals surface area contributed by atoms with Gasteiger partial charge in [-0.2, -0.15) is 0 Å². The van der Waals surface area contributed by atoms with Crippen LogP contribution in [0.4, 0.5) is 0 Å². The van der Waals surface area contributed by atoms with Crippen molar-refractivity contribution in [1.82, 2.24) is 9.55 Å². The molecule has 1 aromatic carbocycles. The van der Waals surface area contributed by atoms with Crippen LogP contribution in [0.5, 0.6) is 5.75 Å². The van der Waals surface area contributed by atoms with Crippen molar-refractivity contribution in [3.63, 3.8) is 0 Å². The number of nitrogens with zero attached hydrogens (tertiary/aromatic N) is 1. The number of H-pyrrole nitrogens is 1. The Bertz CT molecular complexity index is 1190. The summed E-state index contributed by atoms with van der Waals surface area (Å²) >= 11 is 0. The lowest BCUT2D eigenvalue weighted by Crippen LogP contribution is -2.34. The summed E-state index contributed by atoms with van der Waals surface area (Å²) in [5, 5.41) is 0.856. The first-order chi connectivity index (χ1) is 12.3. The van der Waals surface area contributed by atoms with Crippen LogP contribution in [0.1, 0.15) is 34.7 Å². The van der Waals surface area contributed by atoms with Crippen LogP contribution in [0, 0.1) is 13.8 Å². The van der Waals surface area contributed by atoms with E-state index in [0.717, 1.165) is 16.5 Å². The molecule has 132 valence electrons. The highest BCUT2D eigenvalue weighted by Crippen LogP contribution is 2.36. The number of rotatable bonds is 1. The molecule has 2 aromatic heterocycles. The van der Waals surface area contributed by atoms with Crippen molar-refractivity contribution >= 4 is 16.9 Å². The zero-order valence-corrected chi connectivity index (χ0v) is 14.8. The van der Waals surface area contributed by atoms with Crippen LogP contribution in [0.25, 0.3) is 10.9 Å². The van der Waals surface area contributed by atoms with Gasteiger partial charge < -0.3 is 14.3 Å². The fraction of sp³-hybridized carbons (Fsp3) is 0.250. The molecule has 0 unspecified atom stereocenters. The second kappa shape index (κ2) is 5.69. The molecule has 1 N–H and O–H groups in total. The minimum absolute atomic E-state index is 0.0360. The van der Waals surface area contributed by atoms with E-state index in [0.29, 0.717) is 16.8 Å². The van der Waals surface area contributed by atoms with E-state index >= 15 is 0 Å². The molecule has 6 heteroatoms. The number of aromatic nitrogens is 2. The van der Waals surface area contributed by atoms with E-state index < -0.39 is 11.9 Å². The van der Waals surface area contributed by atoms with E-state index in [1.807, 2.05) is 25.1 Å². The summed E-state index contributed by atoms with van der Waals surface area (Å²) in [7, 11) is 1.67. The second-order valence-electron chi connectivity index (χ2n) is 6.80. The Kier molecular flexibility index (Phi) is 3.57. The number of pyridine rings is 2. The molecular formula is C20H18N2O4. The van der Waals surface area contributed by atoms with Gasteiger partial charge in [0, 0.05) is 35.8 Å². The minimum atomic E-state index is -0.625. The molecule has 0 saturated heterocycles. The van der Waals surface area contributed by atoms with Gasteiger partial charge in [-0.15, -0.1) is 0 Å². The van der Waals surface area contributed by atoms with Gasteiger partial charge in [-0.1, -0.05) is 12.1 Å². The quantitative estimate of drug-likeness (QED) is 0.683. The molecule has 1 aliphatic rings. The third-order valence-corrected chi connectivity index (χ3v) is 5.02. The van der Waals surface area contributed by atoms with Crippen molar-refractivity contribution in [3.8, 4) is 5.75 Å². The molecule has 0 amide bonds. The molecule has 0 bridgehead atoms. The molecule has 1 aliphatic heterocycles. The molecule has 3 heterocycles. The van der Waals surface area contributed by atoms with Gasteiger partial charge in [-0.3, -0.25) is 14.4 Å². The summed E-state index contributed by atoms with van der Waals surface area (Å²) in [5.41, 5.74) is 2.67. The fourth-order valence-corrected chi connectivity index (χ4v) is 3.50.